The first kappa shape index (κ1) is 22.5. The molecule has 34 heavy (non-hydrogen) atoms. The molecule has 5 N–H and O–H groups in total. The molecule has 0 unspecified atom stereocenters. The summed E-state index contributed by atoms with van der Waals surface area (Å²) in [5.41, 5.74) is 14.7. The summed E-state index contributed by atoms with van der Waals surface area (Å²) in [6, 6.07) is 10.9. The van der Waals surface area contributed by atoms with Gasteiger partial charge in [-0.1, -0.05) is 19.1 Å². The number of anilines is 1. The Bertz CT molecular complexity index is 1410. The molecule has 0 saturated carbocycles. The van der Waals surface area contributed by atoms with Gasteiger partial charge in [-0.25, -0.2) is 9.50 Å². The van der Waals surface area contributed by atoms with Crippen molar-refractivity contribution in [3.63, 3.8) is 0 Å². The number of hydrogen-bond acceptors (Lipinski definition) is 7. The van der Waals surface area contributed by atoms with Gasteiger partial charge in [0, 0.05) is 17.8 Å². The summed E-state index contributed by atoms with van der Waals surface area (Å²) in [6.45, 7) is 3.89. The fourth-order valence-electron chi connectivity index (χ4n) is 3.93. The van der Waals surface area contributed by atoms with Crippen LogP contribution in [-0.2, 0) is 0 Å². The minimum atomic E-state index is -0.666. The van der Waals surface area contributed by atoms with E-state index in [0.29, 0.717) is 29.1 Å². The SMILES string of the molecule is CC[C@@H](c1nc(C(N)=O)co1)[C@@H](C)Nc1c(C(N)=O)cnn2cc(-c3ccc(C#N)cc3)cc12. The maximum absolute atomic E-state index is 12.2. The Morgan fingerprint density at radius 3 is 2.53 bits per heavy atom. The van der Waals surface area contributed by atoms with Gasteiger partial charge in [-0.15, -0.1) is 0 Å². The molecule has 3 aromatic heterocycles. The zero-order valence-corrected chi connectivity index (χ0v) is 18.6. The highest BCUT2D eigenvalue weighted by Gasteiger charge is 2.26. The van der Waals surface area contributed by atoms with Crippen molar-refractivity contribution >= 4 is 23.0 Å². The monoisotopic (exact) mass is 457 g/mol. The van der Waals surface area contributed by atoms with E-state index in [2.05, 4.69) is 21.5 Å². The average molecular weight is 457 g/mol. The summed E-state index contributed by atoms with van der Waals surface area (Å²) in [6.07, 6.45) is 5.15. The highest BCUT2D eigenvalue weighted by molar-refractivity contribution is 6.02. The summed E-state index contributed by atoms with van der Waals surface area (Å²) < 4.78 is 7.16. The first-order valence-corrected chi connectivity index (χ1v) is 10.7. The van der Waals surface area contributed by atoms with Crippen LogP contribution in [0.1, 0.15) is 58.5 Å². The standard InChI is InChI=1S/C24H23N7O3/c1-3-17(24-30-19(12-34-24)23(27)33)13(2)29-21-18(22(26)32)10-28-31-11-16(8-20(21)31)15-6-4-14(9-25)5-7-15/h4-8,10-13,17,29H,3H2,1-2H3,(H2,26,32)(H2,27,33)/t13-,17-/m1/s1. The Kier molecular flexibility index (Phi) is 6.01. The predicted octanol–water partition coefficient (Wildman–Crippen LogP) is 3.05. The van der Waals surface area contributed by atoms with Crippen molar-refractivity contribution in [2.24, 2.45) is 11.5 Å². The summed E-state index contributed by atoms with van der Waals surface area (Å²) in [7, 11) is 0. The minimum Gasteiger partial charge on any atom is -0.448 e. The van der Waals surface area contributed by atoms with E-state index in [1.54, 1.807) is 16.6 Å². The first-order valence-electron chi connectivity index (χ1n) is 10.7. The van der Waals surface area contributed by atoms with Crippen LogP contribution in [0.25, 0.3) is 16.6 Å². The van der Waals surface area contributed by atoms with E-state index in [0.717, 1.165) is 11.1 Å². The molecular weight excluding hydrogens is 434 g/mol. The quantitative estimate of drug-likeness (QED) is 0.366. The molecule has 0 bridgehead atoms. The number of rotatable bonds is 8. The molecule has 0 radical (unpaired) electrons. The molecular formula is C24H23N7O3. The van der Waals surface area contributed by atoms with Gasteiger partial charge in [0.1, 0.15) is 6.26 Å². The smallest absolute Gasteiger partial charge is 0.270 e. The lowest BCUT2D eigenvalue weighted by molar-refractivity contribution is 0.0989. The van der Waals surface area contributed by atoms with Crippen LogP contribution in [0.4, 0.5) is 5.69 Å². The van der Waals surface area contributed by atoms with Crippen LogP contribution in [0.2, 0.25) is 0 Å². The topological polar surface area (TPSA) is 165 Å². The molecule has 3 heterocycles. The van der Waals surface area contributed by atoms with Crippen molar-refractivity contribution in [2.75, 3.05) is 5.32 Å². The van der Waals surface area contributed by atoms with Gasteiger partial charge in [-0.05, 0) is 37.1 Å². The number of benzene rings is 1. The molecule has 1 aromatic carbocycles. The Labute approximate surface area is 195 Å². The predicted molar refractivity (Wildman–Crippen MR) is 125 cm³/mol. The number of fused-ring (bicyclic) bond motifs is 1. The van der Waals surface area contributed by atoms with Gasteiger partial charge in [-0.2, -0.15) is 10.4 Å². The highest BCUT2D eigenvalue weighted by atomic mass is 16.3. The number of oxazole rings is 1. The molecule has 2 amide bonds. The van der Waals surface area contributed by atoms with E-state index in [9.17, 15) is 9.59 Å². The second-order valence-corrected chi connectivity index (χ2v) is 7.93. The molecule has 0 saturated heterocycles. The van der Waals surface area contributed by atoms with Crippen molar-refractivity contribution in [2.45, 2.75) is 32.2 Å². The van der Waals surface area contributed by atoms with E-state index in [1.165, 1.54) is 12.5 Å². The van der Waals surface area contributed by atoms with E-state index < -0.39 is 11.8 Å². The fraction of sp³-hybridized carbons (Fsp3) is 0.208. The van der Waals surface area contributed by atoms with Gasteiger partial charge in [0.05, 0.1) is 40.5 Å². The molecule has 2 atom stereocenters. The van der Waals surface area contributed by atoms with Crippen molar-refractivity contribution in [3.05, 3.63) is 71.7 Å². The lowest BCUT2D eigenvalue weighted by atomic mass is 9.97. The number of nitrogens with two attached hydrogens (primary N) is 2. The van der Waals surface area contributed by atoms with Crippen molar-refractivity contribution in [1.29, 1.82) is 5.26 Å². The van der Waals surface area contributed by atoms with Crippen LogP contribution >= 0.6 is 0 Å². The molecule has 0 aliphatic carbocycles. The third kappa shape index (κ3) is 4.19. The summed E-state index contributed by atoms with van der Waals surface area (Å²) >= 11 is 0. The van der Waals surface area contributed by atoms with E-state index in [1.807, 2.05) is 38.2 Å². The summed E-state index contributed by atoms with van der Waals surface area (Å²) in [5.74, 6) is -1.13. The number of nitriles is 1. The van der Waals surface area contributed by atoms with E-state index in [-0.39, 0.29) is 23.2 Å². The summed E-state index contributed by atoms with van der Waals surface area (Å²) in [4.78, 5) is 27.8. The van der Waals surface area contributed by atoms with Gasteiger partial charge in [0.15, 0.2) is 11.6 Å². The normalized spacial score (nSPS) is 12.7. The maximum atomic E-state index is 12.2. The minimum absolute atomic E-state index is 0.0587. The number of aromatic nitrogens is 3. The zero-order chi connectivity index (χ0) is 24.4. The zero-order valence-electron chi connectivity index (χ0n) is 18.6. The van der Waals surface area contributed by atoms with Crippen molar-refractivity contribution < 1.29 is 14.0 Å². The molecule has 10 nitrogen and oxygen atoms in total. The van der Waals surface area contributed by atoms with Crippen LogP contribution in [0.15, 0.2) is 53.4 Å². The number of primary amides is 2. The molecule has 4 rings (SSSR count). The average Bonchev–Trinajstić information content (AvgIpc) is 3.47. The Morgan fingerprint density at radius 1 is 1.21 bits per heavy atom. The van der Waals surface area contributed by atoms with Gasteiger partial charge >= 0.3 is 0 Å². The number of carbonyl (C=O) groups is 2. The van der Waals surface area contributed by atoms with E-state index in [4.69, 9.17) is 21.1 Å². The molecule has 0 aliphatic rings. The second kappa shape index (κ2) is 9.07. The third-order valence-corrected chi connectivity index (χ3v) is 5.76. The van der Waals surface area contributed by atoms with Crippen LogP contribution in [-0.4, -0.2) is 32.5 Å². The van der Waals surface area contributed by atoms with Crippen LogP contribution in [0, 0.1) is 11.3 Å². The maximum Gasteiger partial charge on any atom is 0.270 e. The fourth-order valence-corrected chi connectivity index (χ4v) is 3.93. The third-order valence-electron chi connectivity index (χ3n) is 5.76. The molecule has 0 spiro atoms. The number of nitrogens with zero attached hydrogens (tertiary/aromatic N) is 4. The molecule has 172 valence electrons. The Morgan fingerprint density at radius 2 is 1.94 bits per heavy atom. The molecule has 4 aromatic rings. The van der Waals surface area contributed by atoms with E-state index >= 15 is 0 Å². The first-order chi connectivity index (χ1) is 16.3. The number of amides is 2. The van der Waals surface area contributed by atoms with Gasteiger partial charge in [-0.3, -0.25) is 9.59 Å². The van der Waals surface area contributed by atoms with Crippen molar-refractivity contribution in [1.82, 2.24) is 14.6 Å². The molecule has 0 fully saturated rings. The highest BCUT2D eigenvalue weighted by Crippen LogP contribution is 2.32. The number of carbonyl (C=O) groups excluding carboxylic acids is 2. The Hall–Kier alpha value is -4.65. The lowest BCUT2D eigenvalue weighted by Crippen LogP contribution is -2.27. The summed E-state index contributed by atoms with van der Waals surface area (Å²) in [5, 5.41) is 16.8. The van der Waals surface area contributed by atoms with Crippen LogP contribution < -0.4 is 16.8 Å². The lowest BCUT2D eigenvalue weighted by Gasteiger charge is -2.23. The van der Waals surface area contributed by atoms with Gasteiger partial charge in [0.25, 0.3) is 11.8 Å². The van der Waals surface area contributed by atoms with Gasteiger partial charge < -0.3 is 21.2 Å². The van der Waals surface area contributed by atoms with Gasteiger partial charge in [0.2, 0.25) is 0 Å². The number of hydrogen-bond donors (Lipinski definition) is 3. The van der Waals surface area contributed by atoms with Crippen LogP contribution in [0.3, 0.4) is 0 Å². The second-order valence-electron chi connectivity index (χ2n) is 7.93. The molecule has 0 aliphatic heterocycles. The Balaban J connectivity index is 1.73. The molecule has 10 heteroatoms. The largest absolute Gasteiger partial charge is 0.448 e. The van der Waals surface area contributed by atoms with Crippen LogP contribution in [0.5, 0.6) is 0 Å². The van der Waals surface area contributed by atoms with Crippen molar-refractivity contribution in [3.8, 4) is 17.2 Å². The number of nitrogens with one attached hydrogen (secondary N) is 1.